The van der Waals surface area contributed by atoms with Crippen molar-refractivity contribution in [3.8, 4) is 0 Å². The van der Waals surface area contributed by atoms with Gasteiger partial charge >= 0.3 is 0 Å². The third-order valence-electron chi connectivity index (χ3n) is 3.89. The first-order valence-corrected chi connectivity index (χ1v) is 7.63. The fourth-order valence-corrected chi connectivity index (χ4v) is 3.05. The molecule has 1 heterocycles. The van der Waals surface area contributed by atoms with Gasteiger partial charge in [0.25, 0.3) is 0 Å². The first kappa shape index (κ1) is 15.0. The molecule has 2 heteroatoms. The van der Waals surface area contributed by atoms with Crippen LogP contribution in [0.15, 0.2) is 0 Å². The van der Waals surface area contributed by atoms with Crippen molar-refractivity contribution in [2.24, 2.45) is 5.41 Å². The number of rotatable bonds is 8. The smallest absolute Gasteiger partial charge is 0.00475 e. The van der Waals surface area contributed by atoms with Gasteiger partial charge in [-0.15, -0.1) is 0 Å². The summed E-state index contributed by atoms with van der Waals surface area (Å²) in [6, 6.07) is 0. The van der Waals surface area contributed by atoms with E-state index in [1.807, 2.05) is 0 Å². The monoisotopic (exact) mass is 240 g/mol. The largest absolute Gasteiger partial charge is 0.316 e. The van der Waals surface area contributed by atoms with Crippen LogP contribution in [-0.2, 0) is 0 Å². The molecule has 17 heavy (non-hydrogen) atoms. The summed E-state index contributed by atoms with van der Waals surface area (Å²) >= 11 is 0. The van der Waals surface area contributed by atoms with Crippen LogP contribution in [0.4, 0.5) is 0 Å². The highest BCUT2D eigenvalue weighted by atomic mass is 15.1. The van der Waals surface area contributed by atoms with Crippen molar-refractivity contribution in [3.63, 3.8) is 0 Å². The number of nitrogens with one attached hydrogen (secondary N) is 1. The predicted molar refractivity (Wildman–Crippen MR) is 76.5 cm³/mol. The van der Waals surface area contributed by atoms with Crippen molar-refractivity contribution in [3.05, 3.63) is 0 Å². The molecule has 0 aliphatic carbocycles. The lowest BCUT2D eigenvalue weighted by atomic mass is 9.84. The normalized spacial score (nSPS) is 21.4. The summed E-state index contributed by atoms with van der Waals surface area (Å²) in [5.74, 6) is 0. The van der Waals surface area contributed by atoms with E-state index in [0.717, 1.165) is 0 Å². The van der Waals surface area contributed by atoms with E-state index in [-0.39, 0.29) is 0 Å². The summed E-state index contributed by atoms with van der Waals surface area (Å²) in [7, 11) is 0. The Bertz CT molecular complexity index is 187. The van der Waals surface area contributed by atoms with E-state index in [0.29, 0.717) is 5.41 Å². The fraction of sp³-hybridized carbons (Fsp3) is 1.00. The van der Waals surface area contributed by atoms with Crippen molar-refractivity contribution >= 4 is 0 Å². The molecule has 0 aromatic carbocycles. The minimum absolute atomic E-state index is 0.473. The van der Waals surface area contributed by atoms with Gasteiger partial charge in [-0.05, 0) is 50.7 Å². The molecule has 1 N–H and O–H groups in total. The van der Waals surface area contributed by atoms with Crippen LogP contribution in [0, 0.1) is 5.41 Å². The van der Waals surface area contributed by atoms with E-state index in [9.17, 15) is 0 Å². The second kappa shape index (κ2) is 8.10. The first-order valence-electron chi connectivity index (χ1n) is 7.63. The van der Waals surface area contributed by atoms with E-state index >= 15 is 0 Å². The molecule has 1 unspecified atom stereocenters. The lowest BCUT2D eigenvalue weighted by Gasteiger charge is -2.37. The van der Waals surface area contributed by atoms with E-state index in [1.54, 1.807) is 0 Å². The number of hydrogen-bond acceptors (Lipinski definition) is 2. The average molecular weight is 240 g/mol. The number of hydrogen-bond donors (Lipinski definition) is 1. The maximum absolute atomic E-state index is 3.62. The van der Waals surface area contributed by atoms with Crippen LogP contribution in [0.1, 0.15) is 59.3 Å². The Morgan fingerprint density at radius 1 is 1.06 bits per heavy atom. The van der Waals surface area contributed by atoms with Crippen LogP contribution in [-0.4, -0.2) is 37.6 Å². The Labute approximate surface area is 108 Å². The highest BCUT2D eigenvalue weighted by Gasteiger charge is 2.26. The van der Waals surface area contributed by atoms with Gasteiger partial charge in [0.2, 0.25) is 0 Å². The molecule has 1 aliphatic heterocycles. The minimum atomic E-state index is 0.473. The van der Waals surface area contributed by atoms with Crippen LogP contribution >= 0.6 is 0 Å². The summed E-state index contributed by atoms with van der Waals surface area (Å²) in [4.78, 5) is 2.69. The highest BCUT2D eigenvalue weighted by Crippen LogP contribution is 2.25. The predicted octanol–water partition coefficient (Wildman–Crippen LogP) is 3.28. The maximum atomic E-state index is 3.62. The van der Waals surface area contributed by atoms with Gasteiger partial charge in [-0.25, -0.2) is 0 Å². The molecule has 0 saturated carbocycles. The van der Waals surface area contributed by atoms with Crippen molar-refractivity contribution in [1.29, 1.82) is 0 Å². The fourth-order valence-electron chi connectivity index (χ4n) is 3.05. The van der Waals surface area contributed by atoms with Gasteiger partial charge in [-0.2, -0.15) is 0 Å². The van der Waals surface area contributed by atoms with E-state index in [4.69, 9.17) is 0 Å². The van der Waals surface area contributed by atoms with E-state index in [1.165, 1.54) is 71.2 Å². The van der Waals surface area contributed by atoms with E-state index in [2.05, 4.69) is 31.0 Å². The molecule has 0 amide bonds. The lowest BCUT2D eigenvalue weighted by molar-refractivity contribution is 0.130. The number of likely N-dealkylation sites (tertiary alicyclic amines) is 1. The molecule has 2 nitrogen and oxygen atoms in total. The Morgan fingerprint density at radius 2 is 1.76 bits per heavy atom. The van der Waals surface area contributed by atoms with Crippen LogP contribution < -0.4 is 5.32 Å². The Morgan fingerprint density at radius 3 is 2.35 bits per heavy atom. The second-order valence-corrected chi connectivity index (χ2v) is 6.07. The van der Waals surface area contributed by atoms with Gasteiger partial charge < -0.3 is 10.2 Å². The molecule has 0 radical (unpaired) electrons. The SMILES string of the molecule is CCCNCC(C)(CCC)CN1CCCCC1. The van der Waals surface area contributed by atoms with E-state index < -0.39 is 0 Å². The second-order valence-electron chi connectivity index (χ2n) is 6.07. The van der Waals surface area contributed by atoms with Crippen LogP contribution in [0.5, 0.6) is 0 Å². The molecule has 0 spiro atoms. The van der Waals surface area contributed by atoms with Crippen molar-refractivity contribution < 1.29 is 0 Å². The third kappa shape index (κ3) is 5.87. The zero-order valence-corrected chi connectivity index (χ0v) is 12.2. The topological polar surface area (TPSA) is 15.3 Å². The van der Waals surface area contributed by atoms with Gasteiger partial charge in [0.1, 0.15) is 0 Å². The Hall–Kier alpha value is -0.0800. The molecule has 0 aromatic rings. The van der Waals surface area contributed by atoms with Gasteiger partial charge in [0, 0.05) is 13.1 Å². The minimum Gasteiger partial charge on any atom is -0.316 e. The summed E-state index contributed by atoms with van der Waals surface area (Å²) in [5.41, 5.74) is 0.473. The average Bonchev–Trinajstić information content (AvgIpc) is 2.31. The van der Waals surface area contributed by atoms with Gasteiger partial charge in [-0.3, -0.25) is 0 Å². The molecule has 1 atom stereocenters. The lowest BCUT2D eigenvalue weighted by Crippen LogP contribution is -2.44. The summed E-state index contributed by atoms with van der Waals surface area (Å²) in [5, 5.41) is 3.62. The Balaban J connectivity index is 2.38. The molecule has 1 aliphatic rings. The summed E-state index contributed by atoms with van der Waals surface area (Å²) in [6.07, 6.45) is 8.15. The summed E-state index contributed by atoms with van der Waals surface area (Å²) < 4.78 is 0. The Kier molecular flexibility index (Phi) is 7.14. The van der Waals surface area contributed by atoms with Crippen molar-refractivity contribution in [2.45, 2.75) is 59.3 Å². The standard InChI is InChI=1S/C15H32N2/c1-4-9-15(3,13-16-10-5-2)14-17-11-7-6-8-12-17/h16H,4-14H2,1-3H3. The molecule has 102 valence electrons. The molecule has 1 saturated heterocycles. The number of piperidine rings is 1. The van der Waals surface area contributed by atoms with Crippen LogP contribution in [0.3, 0.4) is 0 Å². The van der Waals surface area contributed by atoms with Gasteiger partial charge in [0.15, 0.2) is 0 Å². The first-order chi connectivity index (χ1) is 8.20. The molecule has 1 fully saturated rings. The molecular formula is C15H32N2. The van der Waals surface area contributed by atoms with Crippen molar-refractivity contribution in [2.75, 3.05) is 32.7 Å². The highest BCUT2D eigenvalue weighted by molar-refractivity contribution is 4.81. The molecule has 0 bridgehead atoms. The third-order valence-corrected chi connectivity index (χ3v) is 3.89. The molecule has 1 rings (SSSR count). The molecule has 0 aromatic heterocycles. The molecular weight excluding hydrogens is 208 g/mol. The van der Waals surface area contributed by atoms with Crippen LogP contribution in [0.25, 0.3) is 0 Å². The van der Waals surface area contributed by atoms with Gasteiger partial charge in [0.05, 0.1) is 0 Å². The quantitative estimate of drug-likeness (QED) is 0.655. The maximum Gasteiger partial charge on any atom is 0.00475 e. The zero-order valence-electron chi connectivity index (χ0n) is 12.2. The number of nitrogens with zero attached hydrogens (tertiary/aromatic N) is 1. The van der Waals surface area contributed by atoms with Crippen molar-refractivity contribution in [1.82, 2.24) is 10.2 Å². The summed E-state index contributed by atoms with van der Waals surface area (Å²) in [6.45, 7) is 13.3. The van der Waals surface area contributed by atoms with Crippen LogP contribution in [0.2, 0.25) is 0 Å². The van der Waals surface area contributed by atoms with Gasteiger partial charge in [-0.1, -0.05) is 33.6 Å². The zero-order chi connectivity index (χ0) is 12.6.